The molecule has 1 aliphatic heterocycles. The first-order valence-corrected chi connectivity index (χ1v) is 12.8. The average molecular weight is 460 g/mol. The summed E-state index contributed by atoms with van der Waals surface area (Å²) in [7, 11) is -1.73. The van der Waals surface area contributed by atoms with Crippen LogP contribution in [0.15, 0.2) is 47.6 Å². The number of likely N-dealkylation sites (N-methyl/N-ethyl adjacent to an activating group) is 1. The Morgan fingerprint density at radius 2 is 2.03 bits per heavy atom. The van der Waals surface area contributed by atoms with E-state index in [4.69, 9.17) is 4.74 Å². The quantitative estimate of drug-likeness (QED) is 0.686. The molecular weight excluding hydrogens is 426 g/mol. The maximum absolute atomic E-state index is 13.6. The zero-order valence-electron chi connectivity index (χ0n) is 19.0. The van der Waals surface area contributed by atoms with Gasteiger partial charge in [-0.3, -0.25) is 4.98 Å². The molecule has 0 saturated heterocycles. The molecule has 174 valence electrons. The van der Waals surface area contributed by atoms with Gasteiger partial charge in [-0.05, 0) is 56.5 Å². The van der Waals surface area contributed by atoms with Gasteiger partial charge in [-0.2, -0.15) is 4.31 Å². The largest absolute Gasteiger partial charge is 0.487 e. The smallest absolute Gasteiger partial charge is 0.247 e. The van der Waals surface area contributed by atoms with Crippen LogP contribution in [0.2, 0.25) is 0 Å². The minimum Gasteiger partial charge on any atom is -0.487 e. The molecule has 0 spiro atoms. The molecule has 4 rings (SSSR count). The lowest BCUT2D eigenvalue weighted by molar-refractivity contribution is 0.0741. The highest BCUT2D eigenvalue weighted by Crippen LogP contribution is 2.37. The fraction of sp³-hybridized carbons (Fsp3) is 0.542. The van der Waals surface area contributed by atoms with E-state index in [1.165, 1.54) is 17.1 Å². The lowest BCUT2D eigenvalue weighted by Gasteiger charge is -2.37. The molecule has 1 aliphatic carbocycles. The summed E-state index contributed by atoms with van der Waals surface area (Å²) >= 11 is 0. The van der Waals surface area contributed by atoms with Gasteiger partial charge in [0.25, 0.3) is 0 Å². The molecule has 2 aromatic rings. The highest BCUT2D eigenvalue weighted by atomic mass is 32.2. The number of aliphatic hydroxyl groups is 1. The molecule has 1 aromatic heterocycles. The summed E-state index contributed by atoms with van der Waals surface area (Å²) < 4.78 is 35.0. The monoisotopic (exact) mass is 459 g/mol. The normalized spacial score (nSPS) is 24.3. The number of aliphatic hydroxyl groups excluding tert-OH is 1. The number of rotatable bonds is 7. The van der Waals surface area contributed by atoms with Gasteiger partial charge in [-0.15, -0.1) is 0 Å². The molecule has 2 aliphatic rings. The van der Waals surface area contributed by atoms with Gasteiger partial charge in [0.05, 0.1) is 6.61 Å². The number of sulfonamides is 1. The molecule has 3 atom stereocenters. The van der Waals surface area contributed by atoms with Gasteiger partial charge in [0, 0.05) is 49.6 Å². The van der Waals surface area contributed by atoms with Crippen LogP contribution in [0.4, 0.5) is 0 Å². The summed E-state index contributed by atoms with van der Waals surface area (Å²) in [6.45, 7) is 5.58. The number of fused-ring (bicyclic) bond motifs is 1. The molecule has 2 heterocycles. The molecular formula is C24H33N3O4S. The first kappa shape index (κ1) is 23.2. The molecule has 1 aromatic carbocycles. The topological polar surface area (TPSA) is 83.0 Å². The second-order valence-corrected chi connectivity index (χ2v) is 11.2. The van der Waals surface area contributed by atoms with E-state index in [1.54, 1.807) is 37.5 Å². The molecule has 7 nitrogen and oxygen atoms in total. The van der Waals surface area contributed by atoms with Crippen LogP contribution in [0.1, 0.15) is 26.7 Å². The van der Waals surface area contributed by atoms with E-state index in [0.29, 0.717) is 12.3 Å². The molecule has 0 unspecified atom stereocenters. The van der Waals surface area contributed by atoms with Crippen LogP contribution in [-0.2, 0) is 10.0 Å². The number of nitrogens with zero attached hydrogens (tertiary/aromatic N) is 3. The van der Waals surface area contributed by atoms with Crippen molar-refractivity contribution in [1.82, 2.24) is 14.2 Å². The fourth-order valence-corrected chi connectivity index (χ4v) is 6.11. The zero-order valence-corrected chi connectivity index (χ0v) is 19.8. The van der Waals surface area contributed by atoms with Crippen molar-refractivity contribution in [2.24, 2.45) is 11.8 Å². The van der Waals surface area contributed by atoms with Gasteiger partial charge in [0.1, 0.15) is 16.7 Å². The van der Waals surface area contributed by atoms with Crippen LogP contribution in [0.3, 0.4) is 0 Å². The number of pyridine rings is 1. The van der Waals surface area contributed by atoms with E-state index >= 15 is 0 Å². The number of hydrogen-bond acceptors (Lipinski definition) is 6. The Morgan fingerprint density at radius 1 is 1.25 bits per heavy atom. The Morgan fingerprint density at radius 3 is 2.69 bits per heavy atom. The third-order valence-corrected chi connectivity index (χ3v) is 8.44. The predicted molar refractivity (Wildman–Crippen MR) is 124 cm³/mol. The number of aromatic nitrogens is 1. The Bertz CT molecular complexity index is 1030. The SMILES string of the molecule is C[C@H]1CN([C@@H](C)CO)S(=O)(=O)c2ccc(-c3cccnc3)cc2O[C@@H]1CN(C)CC1CC1. The Hall–Kier alpha value is -2.00. The van der Waals surface area contributed by atoms with E-state index in [1.807, 2.05) is 19.1 Å². The van der Waals surface area contributed by atoms with Gasteiger partial charge < -0.3 is 14.7 Å². The highest BCUT2D eigenvalue weighted by molar-refractivity contribution is 7.89. The van der Waals surface area contributed by atoms with E-state index in [0.717, 1.165) is 30.1 Å². The molecule has 0 bridgehead atoms. The van der Waals surface area contributed by atoms with Crippen LogP contribution >= 0.6 is 0 Å². The third-order valence-electron chi connectivity index (χ3n) is 6.42. The van der Waals surface area contributed by atoms with Crippen LogP contribution in [-0.4, -0.2) is 73.1 Å². The Kier molecular flexibility index (Phi) is 6.86. The van der Waals surface area contributed by atoms with Gasteiger partial charge in [0.2, 0.25) is 10.0 Å². The molecule has 1 N–H and O–H groups in total. The van der Waals surface area contributed by atoms with Crippen molar-refractivity contribution < 1.29 is 18.3 Å². The van der Waals surface area contributed by atoms with E-state index in [9.17, 15) is 13.5 Å². The first-order chi connectivity index (χ1) is 15.3. The lowest BCUT2D eigenvalue weighted by Crippen LogP contribution is -2.49. The predicted octanol–water partition coefficient (Wildman–Crippen LogP) is 2.86. The summed E-state index contributed by atoms with van der Waals surface area (Å²) in [6, 6.07) is 8.48. The number of hydrogen-bond donors (Lipinski definition) is 1. The molecule has 32 heavy (non-hydrogen) atoms. The summed E-state index contributed by atoms with van der Waals surface area (Å²) in [5.41, 5.74) is 1.75. The van der Waals surface area contributed by atoms with Gasteiger partial charge in [-0.1, -0.05) is 19.1 Å². The molecule has 1 saturated carbocycles. The van der Waals surface area contributed by atoms with Crippen molar-refractivity contribution in [3.05, 3.63) is 42.7 Å². The highest BCUT2D eigenvalue weighted by Gasteiger charge is 2.38. The van der Waals surface area contributed by atoms with Gasteiger partial charge in [-0.25, -0.2) is 8.42 Å². The fourth-order valence-electron chi connectivity index (χ4n) is 4.28. The zero-order chi connectivity index (χ0) is 22.9. The van der Waals surface area contributed by atoms with Crippen molar-refractivity contribution in [1.29, 1.82) is 0 Å². The van der Waals surface area contributed by atoms with Crippen molar-refractivity contribution in [2.75, 3.05) is 33.3 Å². The van der Waals surface area contributed by atoms with Crippen LogP contribution in [0, 0.1) is 11.8 Å². The van der Waals surface area contributed by atoms with Crippen LogP contribution in [0.25, 0.3) is 11.1 Å². The average Bonchev–Trinajstić information content (AvgIpc) is 3.59. The molecule has 8 heteroatoms. The van der Waals surface area contributed by atoms with E-state index in [-0.39, 0.29) is 23.5 Å². The van der Waals surface area contributed by atoms with E-state index < -0.39 is 16.1 Å². The maximum atomic E-state index is 13.6. The summed E-state index contributed by atoms with van der Waals surface area (Å²) in [4.78, 5) is 6.62. The summed E-state index contributed by atoms with van der Waals surface area (Å²) in [5, 5.41) is 9.77. The van der Waals surface area contributed by atoms with Gasteiger partial charge >= 0.3 is 0 Å². The van der Waals surface area contributed by atoms with Gasteiger partial charge in [0.15, 0.2) is 0 Å². The standard InChI is InChI=1S/C24H33N3O4S/c1-17-13-27(18(2)16-28)32(29,30)24-9-8-20(21-5-4-10-25-12-21)11-22(24)31-23(17)15-26(3)14-19-6-7-19/h4-5,8-12,17-19,23,28H,6-7,13-16H2,1-3H3/t17-,18-,23+/m0/s1. The molecule has 0 amide bonds. The minimum absolute atomic E-state index is 0.0457. The summed E-state index contributed by atoms with van der Waals surface area (Å²) in [6.07, 6.45) is 5.85. The van der Waals surface area contributed by atoms with Crippen molar-refractivity contribution in [2.45, 2.75) is 43.7 Å². The van der Waals surface area contributed by atoms with E-state index in [2.05, 4.69) is 16.9 Å². The Labute approximate surface area is 191 Å². The molecule has 1 fully saturated rings. The van der Waals surface area contributed by atoms with Crippen molar-refractivity contribution in [3.8, 4) is 16.9 Å². The lowest BCUT2D eigenvalue weighted by atomic mass is 10.0. The second-order valence-electron chi connectivity index (χ2n) is 9.31. The van der Waals surface area contributed by atoms with Crippen molar-refractivity contribution in [3.63, 3.8) is 0 Å². The number of ether oxygens (including phenoxy) is 1. The van der Waals surface area contributed by atoms with Crippen LogP contribution < -0.4 is 4.74 Å². The van der Waals surface area contributed by atoms with Crippen LogP contribution in [0.5, 0.6) is 5.75 Å². The maximum Gasteiger partial charge on any atom is 0.247 e. The van der Waals surface area contributed by atoms with Crippen molar-refractivity contribution >= 4 is 10.0 Å². The second kappa shape index (κ2) is 9.47. The molecule has 0 radical (unpaired) electrons. The number of benzene rings is 1. The Balaban J connectivity index is 1.74. The summed E-state index contributed by atoms with van der Waals surface area (Å²) in [5.74, 6) is 1.08. The first-order valence-electron chi connectivity index (χ1n) is 11.3. The minimum atomic E-state index is -3.83. The third kappa shape index (κ3) is 4.98.